The first-order chi connectivity index (χ1) is 12.9. The number of hydrogen-bond donors (Lipinski definition) is 3. The fourth-order valence-corrected chi connectivity index (χ4v) is 3.62. The number of sulfonamides is 1. The van der Waals surface area contributed by atoms with Crippen LogP contribution in [0.3, 0.4) is 0 Å². The molecule has 4 aromatic rings. The maximum absolute atomic E-state index is 12.1. The van der Waals surface area contributed by atoms with Crippen LogP contribution in [0.2, 0.25) is 0 Å². The molecule has 0 aliphatic heterocycles. The summed E-state index contributed by atoms with van der Waals surface area (Å²) in [4.78, 5) is 8.00. The first-order valence-corrected chi connectivity index (χ1v) is 9.65. The molecule has 0 saturated carbocycles. The predicted molar refractivity (Wildman–Crippen MR) is 104 cm³/mol. The lowest BCUT2D eigenvalue weighted by Crippen LogP contribution is -2.22. The van der Waals surface area contributed by atoms with Crippen molar-refractivity contribution >= 4 is 32.4 Å². The summed E-state index contributed by atoms with van der Waals surface area (Å²) >= 11 is 0. The van der Waals surface area contributed by atoms with Crippen LogP contribution in [0.15, 0.2) is 59.9 Å². The molecule has 0 unspecified atom stereocenters. The van der Waals surface area contributed by atoms with E-state index in [1.165, 1.54) is 18.4 Å². The molecule has 8 nitrogen and oxygen atoms in total. The number of pyridine rings is 1. The fourth-order valence-electron chi connectivity index (χ4n) is 2.72. The second-order valence-corrected chi connectivity index (χ2v) is 8.42. The normalized spacial score (nSPS) is 12.0. The van der Waals surface area contributed by atoms with Crippen LogP contribution >= 0.6 is 0 Å². The first-order valence-electron chi connectivity index (χ1n) is 8.21. The van der Waals surface area contributed by atoms with Crippen LogP contribution < -0.4 is 5.32 Å². The first kappa shape index (κ1) is 17.3. The third-order valence-electron chi connectivity index (χ3n) is 4.22. The van der Waals surface area contributed by atoms with Gasteiger partial charge in [-0.1, -0.05) is 0 Å². The molecule has 0 bridgehead atoms. The third-order valence-corrected chi connectivity index (χ3v) is 6.05. The SMILES string of the molecule is CN(C)S(=O)(=O)c1ccc(Nc2cc3[nH]c(-c4cn[nH]c4)cc3cn2)cc1. The maximum atomic E-state index is 12.1. The summed E-state index contributed by atoms with van der Waals surface area (Å²) in [5.74, 6) is 0.659. The summed E-state index contributed by atoms with van der Waals surface area (Å²) in [6.45, 7) is 0. The minimum atomic E-state index is -3.44. The molecule has 0 spiro atoms. The predicted octanol–water partition coefficient (Wildman–Crippen LogP) is 2.95. The van der Waals surface area contributed by atoms with E-state index in [4.69, 9.17) is 0 Å². The summed E-state index contributed by atoms with van der Waals surface area (Å²) in [5.41, 5.74) is 3.62. The molecular formula is C18H18N6O2S. The zero-order chi connectivity index (χ0) is 19.0. The average Bonchev–Trinajstić information content (AvgIpc) is 3.31. The lowest BCUT2D eigenvalue weighted by molar-refractivity contribution is 0.521. The van der Waals surface area contributed by atoms with Crippen molar-refractivity contribution in [3.63, 3.8) is 0 Å². The number of fused-ring (bicyclic) bond motifs is 1. The van der Waals surface area contributed by atoms with Crippen molar-refractivity contribution in [2.45, 2.75) is 4.90 Å². The molecule has 0 saturated heterocycles. The Bertz CT molecular complexity index is 1180. The average molecular weight is 382 g/mol. The maximum Gasteiger partial charge on any atom is 0.242 e. The van der Waals surface area contributed by atoms with Crippen LogP contribution in [0.4, 0.5) is 11.5 Å². The molecule has 1 aromatic carbocycles. The number of aromatic nitrogens is 4. The molecule has 138 valence electrons. The van der Waals surface area contributed by atoms with Gasteiger partial charge in [0.1, 0.15) is 5.82 Å². The number of benzene rings is 1. The van der Waals surface area contributed by atoms with Crippen LogP contribution in [0.1, 0.15) is 0 Å². The lowest BCUT2D eigenvalue weighted by atomic mass is 10.2. The highest BCUT2D eigenvalue weighted by atomic mass is 32.2. The zero-order valence-electron chi connectivity index (χ0n) is 14.8. The van der Waals surface area contributed by atoms with E-state index in [0.717, 1.165) is 27.8 Å². The number of aromatic amines is 2. The van der Waals surface area contributed by atoms with Gasteiger partial charge < -0.3 is 10.3 Å². The Morgan fingerprint density at radius 2 is 1.85 bits per heavy atom. The Hall–Kier alpha value is -3.17. The van der Waals surface area contributed by atoms with Crippen molar-refractivity contribution in [2.24, 2.45) is 0 Å². The number of anilines is 2. The molecule has 9 heteroatoms. The largest absolute Gasteiger partial charge is 0.354 e. The van der Waals surface area contributed by atoms with Gasteiger partial charge in [-0.3, -0.25) is 5.10 Å². The Morgan fingerprint density at radius 3 is 2.52 bits per heavy atom. The molecule has 3 heterocycles. The van der Waals surface area contributed by atoms with Crippen molar-refractivity contribution in [3.05, 3.63) is 55.0 Å². The van der Waals surface area contributed by atoms with E-state index in [1.54, 1.807) is 36.7 Å². The number of H-pyrrole nitrogens is 2. The van der Waals surface area contributed by atoms with Crippen molar-refractivity contribution in [1.29, 1.82) is 0 Å². The van der Waals surface area contributed by atoms with Crippen LogP contribution in [-0.4, -0.2) is 47.0 Å². The van der Waals surface area contributed by atoms with E-state index < -0.39 is 10.0 Å². The van der Waals surface area contributed by atoms with Gasteiger partial charge in [0, 0.05) is 54.9 Å². The summed E-state index contributed by atoms with van der Waals surface area (Å²) in [6, 6.07) is 10.5. The van der Waals surface area contributed by atoms with Crippen LogP contribution in [0.5, 0.6) is 0 Å². The molecule has 0 radical (unpaired) electrons. The molecule has 4 rings (SSSR count). The van der Waals surface area contributed by atoms with Crippen molar-refractivity contribution in [2.75, 3.05) is 19.4 Å². The summed E-state index contributed by atoms with van der Waals surface area (Å²) < 4.78 is 25.4. The fraction of sp³-hybridized carbons (Fsp3) is 0.111. The topological polar surface area (TPSA) is 107 Å². The van der Waals surface area contributed by atoms with Crippen LogP contribution in [-0.2, 0) is 10.0 Å². The van der Waals surface area contributed by atoms with E-state index >= 15 is 0 Å². The van der Waals surface area contributed by atoms with Gasteiger partial charge in [-0.25, -0.2) is 17.7 Å². The van der Waals surface area contributed by atoms with Gasteiger partial charge in [-0.2, -0.15) is 5.10 Å². The lowest BCUT2D eigenvalue weighted by Gasteiger charge is -2.12. The van der Waals surface area contributed by atoms with Gasteiger partial charge in [0.25, 0.3) is 0 Å². The smallest absolute Gasteiger partial charge is 0.242 e. The van der Waals surface area contributed by atoms with E-state index in [-0.39, 0.29) is 4.90 Å². The Morgan fingerprint density at radius 1 is 1.07 bits per heavy atom. The second kappa shape index (κ2) is 6.53. The molecule has 0 atom stereocenters. The molecule has 0 aliphatic carbocycles. The monoisotopic (exact) mass is 382 g/mol. The van der Waals surface area contributed by atoms with Gasteiger partial charge in [-0.15, -0.1) is 0 Å². The molecular weight excluding hydrogens is 364 g/mol. The summed E-state index contributed by atoms with van der Waals surface area (Å²) in [5, 5.41) is 10.9. The second-order valence-electron chi connectivity index (χ2n) is 6.26. The van der Waals surface area contributed by atoms with E-state index in [2.05, 4.69) is 25.5 Å². The Balaban J connectivity index is 1.58. The van der Waals surface area contributed by atoms with E-state index in [1.807, 2.05) is 18.3 Å². The molecule has 27 heavy (non-hydrogen) atoms. The van der Waals surface area contributed by atoms with Crippen molar-refractivity contribution in [1.82, 2.24) is 24.5 Å². The number of nitrogens with one attached hydrogen (secondary N) is 3. The highest BCUT2D eigenvalue weighted by Crippen LogP contribution is 2.26. The van der Waals surface area contributed by atoms with E-state index in [9.17, 15) is 8.42 Å². The van der Waals surface area contributed by atoms with Crippen LogP contribution in [0, 0.1) is 0 Å². The Labute approximate surface area is 156 Å². The number of hydrogen-bond acceptors (Lipinski definition) is 5. The molecule has 3 aromatic heterocycles. The molecule has 0 amide bonds. The van der Waals surface area contributed by atoms with Crippen molar-refractivity contribution in [3.8, 4) is 11.3 Å². The molecule has 0 aliphatic rings. The minimum absolute atomic E-state index is 0.246. The van der Waals surface area contributed by atoms with E-state index in [0.29, 0.717) is 5.82 Å². The standard InChI is InChI=1S/C18H18N6O2S/c1-24(2)27(25,26)15-5-3-14(4-6-15)22-18-8-17-12(9-19-18)7-16(23-17)13-10-20-21-11-13/h3-11,23H,1-2H3,(H,19,22)(H,20,21). The van der Waals surface area contributed by atoms with Gasteiger partial charge in [0.05, 0.1) is 16.6 Å². The summed E-state index contributed by atoms with van der Waals surface area (Å²) in [7, 11) is -0.419. The highest BCUT2D eigenvalue weighted by Gasteiger charge is 2.16. The molecule has 3 N–H and O–H groups in total. The van der Waals surface area contributed by atoms with Gasteiger partial charge >= 0.3 is 0 Å². The third kappa shape index (κ3) is 3.29. The molecule has 0 fully saturated rings. The van der Waals surface area contributed by atoms with Gasteiger partial charge in [0.2, 0.25) is 10.0 Å². The van der Waals surface area contributed by atoms with Crippen molar-refractivity contribution < 1.29 is 8.42 Å². The van der Waals surface area contributed by atoms with Crippen LogP contribution in [0.25, 0.3) is 22.2 Å². The minimum Gasteiger partial charge on any atom is -0.354 e. The van der Waals surface area contributed by atoms with Gasteiger partial charge in [-0.05, 0) is 30.3 Å². The number of nitrogens with zero attached hydrogens (tertiary/aromatic N) is 3. The van der Waals surface area contributed by atoms with Gasteiger partial charge in [0.15, 0.2) is 0 Å². The highest BCUT2D eigenvalue weighted by molar-refractivity contribution is 7.89. The number of rotatable bonds is 5. The zero-order valence-corrected chi connectivity index (χ0v) is 15.6. The Kier molecular flexibility index (Phi) is 4.17. The summed E-state index contributed by atoms with van der Waals surface area (Å²) in [6.07, 6.45) is 5.35. The quantitative estimate of drug-likeness (QED) is 0.492.